The van der Waals surface area contributed by atoms with Crippen LogP contribution in [0.3, 0.4) is 0 Å². The van der Waals surface area contributed by atoms with Gasteiger partial charge in [0.15, 0.2) is 5.82 Å². The third-order valence-electron chi connectivity index (χ3n) is 3.96. The van der Waals surface area contributed by atoms with E-state index in [2.05, 4.69) is 15.5 Å². The van der Waals surface area contributed by atoms with E-state index in [9.17, 15) is 8.42 Å². The van der Waals surface area contributed by atoms with Gasteiger partial charge in [-0.3, -0.25) is 0 Å². The van der Waals surface area contributed by atoms with Crippen LogP contribution in [0.5, 0.6) is 0 Å². The van der Waals surface area contributed by atoms with Crippen LogP contribution in [0.25, 0.3) is 11.5 Å². The zero-order valence-electron chi connectivity index (χ0n) is 14.6. The van der Waals surface area contributed by atoms with Crippen molar-refractivity contribution in [2.45, 2.75) is 44.2 Å². The van der Waals surface area contributed by atoms with Crippen molar-refractivity contribution in [1.29, 1.82) is 0 Å². The van der Waals surface area contributed by atoms with Crippen molar-refractivity contribution in [3.05, 3.63) is 30.1 Å². The molecule has 0 saturated heterocycles. The fraction of sp³-hybridized carbons (Fsp3) is 0.500. The van der Waals surface area contributed by atoms with Crippen LogP contribution >= 0.6 is 0 Å². The van der Waals surface area contributed by atoms with Gasteiger partial charge in [0, 0.05) is 31.1 Å². The molecule has 1 heterocycles. The molecule has 1 aromatic carbocycles. The van der Waals surface area contributed by atoms with Gasteiger partial charge in [-0.05, 0) is 52.1 Å². The fourth-order valence-corrected chi connectivity index (χ4v) is 3.41. The van der Waals surface area contributed by atoms with E-state index in [-0.39, 0.29) is 17.0 Å². The first kappa shape index (κ1) is 18.6. The standard InChI is InChI=1S/C16H24N4O3S/c1-11(2)20(5)24(21,22)14-8-6-13(7-9-14)16-18-15(19-23-16)10-12(3)17-4/h6-9,11-12,17H,10H2,1-5H3. The summed E-state index contributed by atoms with van der Waals surface area (Å²) in [5, 5.41) is 7.06. The van der Waals surface area contributed by atoms with E-state index in [1.807, 2.05) is 27.8 Å². The van der Waals surface area contributed by atoms with Crippen molar-refractivity contribution >= 4 is 10.0 Å². The van der Waals surface area contributed by atoms with Gasteiger partial charge in [-0.2, -0.15) is 9.29 Å². The van der Waals surface area contributed by atoms with E-state index in [0.717, 1.165) is 0 Å². The van der Waals surface area contributed by atoms with Crippen molar-refractivity contribution in [1.82, 2.24) is 19.8 Å². The van der Waals surface area contributed by atoms with Gasteiger partial charge in [-0.15, -0.1) is 0 Å². The van der Waals surface area contributed by atoms with Crippen LogP contribution in [-0.4, -0.2) is 49.0 Å². The molecule has 0 amide bonds. The van der Waals surface area contributed by atoms with Crippen LogP contribution in [0.15, 0.2) is 33.7 Å². The molecule has 7 nitrogen and oxygen atoms in total. The minimum atomic E-state index is -3.49. The van der Waals surface area contributed by atoms with E-state index >= 15 is 0 Å². The average molecular weight is 352 g/mol. The largest absolute Gasteiger partial charge is 0.334 e. The van der Waals surface area contributed by atoms with Crippen LogP contribution in [0, 0.1) is 0 Å². The molecule has 0 fully saturated rings. The molecule has 0 aliphatic carbocycles. The molecular formula is C16H24N4O3S. The molecule has 132 valence electrons. The SMILES string of the molecule is CNC(C)Cc1noc(-c2ccc(S(=O)(=O)N(C)C(C)C)cc2)n1. The molecule has 0 aliphatic heterocycles. The summed E-state index contributed by atoms with van der Waals surface area (Å²) >= 11 is 0. The van der Waals surface area contributed by atoms with Crippen molar-refractivity contribution in [3.63, 3.8) is 0 Å². The van der Waals surface area contributed by atoms with Gasteiger partial charge in [-0.25, -0.2) is 8.42 Å². The first-order chi connectivity index (χ1) is 11.3. The molecule has 0 radical (unpaired) electrons. The van der Waals surface area contributed by atoms with Gasteiger partial charge in [0.2, 0.25) is 10.0 Å². The first-order valence-electron chi connectivity index (χ1n) is 7.84. The van der Waals surface area contributed by atoms with E-state index < -0.39 is 10.0 Å². The molecule has 1 atom stereocenters. The lowest BCUT2D eigenvalue weighted by atomic mass is 10.2. The highest BCUT2D eigenvalue weighted by atomic mass is 32.2. The maximum Gasteiger partial charge on any atom is 0.257 e. The first-order valence-corrected chi connectivity index (χ1v) is 9.28. The molecule has 1 N–H and O–H groups in total. The summed E-state index contributed by atoms with van der Waals surface area (Å²) in [6.07, 6.45) is 0.658. The summed E-state index contributed by atoms with van der Waals surface area (Å²) in [6.45, 7) is 5.69. The van der Waals surface area contributed by atoms with E-state index in [4.69, 9.17) is 4.52 Å². The fourth-order valence-electron chi connectivity index (χ4n) is 2.04. The Kier molecular flexibility index (Phi) is 5.74. The van der Waals surface area contributed by atoms with Crippen LogP contribution in [0.4, 0.5) is 0 Å². The number of hydrogen-bond donors (Lipinski definition) is 1. The van der Waals surface area contributed by atoms with Crippen LogP contribution in [-0.2, 0) is 16.4 Å². The van der Waals surface area contributed by atoms with Crippen molar-refractivity contribution in [2.24, 2.45) is 0 Å². The smallest absolute Gasteiger partial charge is 0.257 e. The van der Waals surface area contributed by atoms with Gasteiger partial charge >= 0.3 is 0 Å². The summed E-state index contributed by atoms with van der Waals surface area (Å²) in [5.41, 5.74) is 0.692. The number of benzene rings is 1. The summed E-state index contributed by atoms with van der Waals surface area (Å²) in [4.78, 5) is 4.59. The lowest BCUT2D eigenvalue weighted by Crippen LogP contribution is -2.32. The lowest BCUT2D eigenvalue weighted by molar-refractivity contribution is 0.410. The topological polar surface area (TPSA) is 88.3 Å². The highest BCUT2D eigenvalue weighted by molar-refractivity contribution is 7.89. The Hall–Kier alpha value is -1.77. The van der Waals surface area contributed by atoms with Gasteiger partial charge < -0.3 is 9.84 Å². The summed E-state index contributed by atoms with van der Waals surface area (Å²) < 4.78 is 31.5. The Morgan fingerprint density at radius 1 is 1.21 bits per heavy atom. The second-order valence-electron chi connectivity index (χ2n) is 6.05. The maximum absolute atomic E-state index is 12.4. The van der Waals surface area contributed by atoms with Crippen molar-refractivity contribution in [3.8, 4) is 11.5 Å². The molecule has 1 aromatic heterocycles. The third-order valence-corrected chi connectivity index (χ3v) is 6.00. The van der Waals surface area contributed by atoms with Crippen LogP contribution in [0.1, 0.15) is 26.6 Å². The highest BCUT2D eigenvalue weighted by Crippen LogP contribution is 2.22. The van der Waals surface area contributed by atoms with Crippen molar-refractivity contribution < 1.29 is 12.9 Å². The minimum absolute atomic E-state index is 0.109. The molecule has 2 aromatic rings. The monoisotopic (exact) mass is 352 g/mol. The van der Waals surface area contributed by atoms with E-state index in [1.54, 1.807) is 31.3 Å². The second kappa shape index (κ2) is 7.42. The highest BCUT2D eigenvalue weighted by Gasteiger charge is 2.23. The molecule has 0 bridgehead atoms. The van der Waals surface area contributed by atoms with Gasteiger partial charge in [-0.1, -0.05) is 5.16 Å². The number of likely N-dealkylation sites (N-methyl/N-ethyl adjacent to an activating group) is 1. The molecule has 2 rings (SSSR count). The zero-order valence-corrected chi connectivity index (χ0v) is 15.5. The minimum Gasteiger partial charge on any atom is -0.334 e. The molecule has 0 saturated carbocycles. The quantitative estimate of drug-likeness (QED) is 0.819. The normalized spacial score (nSPS) is 13.6. The Morgan fingerprint density at radius 3 is 2.38 bits per heavy atom. The number of rotatable bonds is 7. The number of nitrogens with zero attached hydrogens (tertiary/aromatic N) is 3. The molecule has 24 heavy (non-hydrogen) atoms. The van der Waals surface area contributed by atoms with E-state index in [1.165, 1.54) is 4.31 Å². The Balaban J connectivity index is 2.21. The summed E-state index contributed by atoms with van der Waals surface area (Å²) in [5.74, 6) is 0.998. The molecule has 8 heteroatoms. The van der Waals surface area contributed by atoms with Gasteiger partial charge in [0.05, 0.1) is 4.90 Å². The lowest BCUT2D eigenvalue weighted by Gasteiger charge is -2.20. The van der Waals surface area contributed by atoms with Crippen LogP contribution < -0.4 is 5.32 Å². The number of nitrogens with one attached hydrogen (secondary N) is 1. The molecule has 0 spiro atoms. The molecular weight excluding hydrogens is 328 g/mol. The Labute approximate surface area is 143 Å². The predicted molar refractivity (Wildman–Crippen MR) is 92.0 cm³/mol. The van der Waals surface area contributed by atoms with E-state index in [0.29, 0.717) is 23.7 Å². The van der Waals surface area contributed by atoms with Gasteiger partial charge in [0.25, 0.3) is 5.89 Å². The number of hydrogen-bond acceptors (Lipinski definition) is 6. The summed E-state index contributed by atoms with van der Waals surface area (Å²) in [6, 6.07) is 6.62. The van der Waals surface area contributed by atoms with Crippen molar-refractivity contribution in [2.75, 3.05) is 14.1 Å². The number of sulfonamides is 1. The second-order valence-corrected chi connectivity index (χ2v) is 8.05. The average Bonchev–Trinajstić information content (AvgIpc) is 3.02. The predicted octanol–water partition coefficient (Wildman–Crippen LogP) is 1.92. The number of aromatic nitrogens is 2. The maximum atomic E-state index is 12.4. The molecule has 0 aliphatic rings. The van der Waals surface area contributed by atoms with Gasteiger partial charge in [0.1, 0.15) is 0 Å². The third kappa shape index (κ3) is 4.00. The zero-order chi connectivity index (χ0) is 17.9. The van der Waals surface area contributed by atoms with Crippen LogP contribution in [0.2, 0.25) is 0 Å². The Bertz CT molecular complexity index is 769. The molecule has 1 unspecified atom stereocenters. The summed E-state index contributed by atoms with van der Waals surface area (Å²) in [7, 11) is -0.0483. The Morgan fingerprint density at radius 2 is 1.83 bits per heavy atom.